The molecule has 0 saturated heterocycles. The molecule has 1 aromatic carbocycles. The van der Waals surface area contributed by atoms with Crippen LogP contribution in [0.4, 0.5) is 0 Å². The minimum absolute atomic E-state index is 0.105. The van der Waals surface area contributed by atoms with Crippen LogP contribution in [0.25, 0.3) is 11.0 Å². The van der Waals surface area contributed by atoms with Gasteiger partial charge in [0, 0.05) is 11.4 Å². The molecule has 3 rings (SSSR count). The van der Waals surface area contributed by atoms with Crippen LogP contribution in [0.2, 0.25) is 0 Å². The van der Waals surface area contributed by atoms with Crippen LogP contribution in [0.3, 0.4) is 0 Å². The Morgan fingerprint density at radius 1 is 1.41 bits per heavy atom. The van der Waals surface area contributed by atoms with Crippen molar-refractivity contribution in [3.8, 4) is 5.75 Å². The Labute approximate surface area is 101 Å². The molecule has 1 unspecified atom stereocenters. The maximum absolute atomic E-state index is 6.27. The Hall–Kier alpha value is -1.48. The quantitative estimate of drug-likeness (QED) is 0.878. The first-order chi connectivity index (χ1) is 8.29. The number of nitrogens with two attached hydrogens (primary N) is 1. The highest BCUT2D eigenvalue weighted by Crippen LogP contribution is 2.39. The monoisotopic (exact) mass is 231 g/mol. The second-order valence-corrected chi connectivity index (χ2v) is 4.81. The lowest BCUT2D eigenvalue weighted by molar-refractivity contribution is 0.410. The summed E-state index contributed by atoms with van der Waals surface area (Å²) in [5.74, 6) is 1.60. The van der Waals surface area contributed by atoms with Gasteiger partial charge >= 0.3 is 0 Å². The van der Waals surface area contributed by atoms with Crippen LogP contribution in [0.5, 0.6) is 5.75 Å². The van der Waals surface area contributed by atoms with Gasteiger partial charge in [0.05, 0.1) is 13.4 Å². The van der Waals surface area contributed by atoms with Crippen LogP contribution in [0, 0.1) is 5.92 Å². The molecule has 0 radical (unpaired) electrons. The summed E-state index contributed by atoms with van der Waals surface area (Å²) in [7, 11) is 1.65. The van der Waals surface area contributed by atoms with E-state index < -0.39 is 0 Å². The van der Waals surface area contributed by atoms with Crippen LogP contribution >= 0.6 is 0 Å². The molecule has 3 heteroatoms. The Balaban J connectivity index is 2.00. The first-order valence-corrected chi connectivity index (χ1v) is 6.09. The summed E-state index contributed by atoms with van der Waals surface area (Å²) in [4.78, 5) is 0. The van der Waals surface area contributed by atoms with Crippen LogP contribution in [0.15, 0.2) is 28.9 Å². The maximum Gasteiger partial charge on any atom is 0.176 e. The number of fused-ring (bicyclic) bond motifs is 1. The SMILES string of the molecule is COc1ccc(C(N)CC2CC2)c2ccoc12. The average molecular weight is 231 g/mol. The number of furan rings is 1. The third-order valence-electron chi connectivity index (χ3n) is 3.52. The third kappa shape index (κ3) is 1.91. The zero-order chi connectivity index (χ0) is 11.8. The summed E-state index contributed by atoms with van der Waals surface area (Å²) in [5.41, 5.74) is 8.24. The van der Waals surface area contributed by atoms with Crippen molar-refractivity contribution in [3.05, 3.63) is 30.0 Å². The summed E-state index contributed by atoms with van der Waals surface area (Å²) >= 11 is 0. The number of rotatable bonds is 4. The van der Waals surface area contributed by atoms with Gasteiger partial charge in [0.15, 0.2) is 11.3 Å². The highest BCUT2D eigenvalue weighted by Gasteiger charge is 2.25. The zero-order valence-electron chi connectivity index (χ0n) is 9.98. The van der Waals surface area contributed by atoms with Gasteiger partial charge in [0.1, 0.15) is 0 Å². The first kappa shape index (κ1) is 10.7. The molecule has 1 aliphatic rings. The highest BCUT2D eigenvalue weighted by atomic mass is 16.5. The van der Waals surface area contributed by atoms with E-state index in [1.54, 1.807) is 13.4 Å². The van der Waals surface area contributed by atoms with Crippen LogP contribution in [-0.4, -0.2) is 7.11 Å². The molecule has 1 atom stereocenters. The Morgan fingerprint density at radius 2 is 2.24 bits per heavy atom. The average Bonchev–Trinajstić information content (AvgIpc) is 3.01. The van der Waals surface area contributed by atoms with Gasteiger partial charge in [-0.25, -0.2) is 0 Å². The molecule has 17 heavy (non-hydrogen) atoms. The van der Waals surface area contributed by atoms with Gasteiger partial charge in [0.2, 0.25) is 0 Å². The lowest BCUT2D eigenvalue weighted by atomic mass is 9.98. The number of hydrogen-bond donors (Lipinski definition) is 1. The fraction of sp³-hybridized carbons (Fsp3) is 0.429. The molecule has 2 N–H and O–H groups in total. The summed E-state index contributed by atoms with van der Waals surface area (Å²) in [6.07, 6.45) is 5.43. The molecule has 3 nitrogen and oxygen atoms in total. The zero-order valence-corrected chi connectivity index (χ0v) is 9.98. The minimum Gasteiger partial charge on any atom is -0.493 e. The van der Waals surface area contributed by atoms with Crippen molar-refractivity contribution in [2.75, 3.05) is 7.11 Å². The van der Waals surface area contributed by atoms with Crippen molar-refractivity contribution < 1.29 is 9.15 Å². The van der Waals surface area contributed by atoms with E-state index in [1.807, 2.05) is 12.1 Å². The molecule has 1 aliphatic carbocycles. The molecule has 0 aliphatic heterocycles. The highest BCUT2D eigenvalue weighted by molar-refractivity contribution is 5.86. The molecule has 0 spiro atoms. The van der Waals surface area contributed by atoms with Gasteiger partial charge in [-0.1, -0.05) is 18.9 Å². The lowest BCUT2D eigenvalue weighted by Crippen LogP contribution is -2.11. The summed E-state index contributed by atoms with van der Waals surface area (Å²) in [5, 5.41) is 1.08. The van der Waals surface area contributed by atoms with Gasteiger partial charge in [0.25, 0.3) is 0 Å². The van der Waals surface area contributed by atoms with Gasteiger partial charge in [-0.3, -0.25) is 0 Å². The second kappa shape index (κ2) is 4.08. The van der Waals surface area contributed by atoms with Crippen molar-refractivity contribution in [3.63, 3.8) is 0 Å². The molecule has 0 bridgehead atoms. The third-order valence-corrected chi connectivity index (χ3v) is 3.52. The predicted molar refractivity (Wildman–Crippen MR) is 67.0 cm³/mol. The molecule has 90 valence electrons. The summed E-state index contributed by atoms with van der Waals surface area (Å²) in [6, 6.07) is 6.07. The second-order valence-electron chi connectivity index (χ2n) is 4.81. The summed E-state index contributed by atoms with van der Waals surface area (Å²) < 4.78 is 10.8. The van der Waals surface area contributed by atoms with Crippen LogP contribution in [-0.2, 0) is 0 Å². The molecule has 1 aromatic heterocycles. The van der Waals surface area contributed by atoms with E-state index in [-0.39, 0.29) is 6.04 Å². The molecule has 0 amide bonds. The van der Waals surface area contributed by atoms with Crippen molar-refractivity contribution in [2.24, 2.45) is 11.7 Å². The van der Waals surface area contributed by atoms with Crippen molar-refractivity contribution in [2.45, 2.75) is 25.3 Å². The maximum atomic E-state index is 6.27. The molecular weight excluding hydrogens is 214 g/mol. The fourth-order valence-corrected chi connectivity index (χ4v) is 2.38. The Morgan fingerprint density at radius 3 is 2.94 bits per heavy atom. The smallest absolute Gasteiger partial charge is 0.176 e. The number of hydrogen-bond acceptors (Lipinski definition) is 3. The number of ether oxygens (including phenoxy) is 1. The Bertz CT molecular complexity index is 528. The van der Waals surface area contributed by atoms with Crippen molar-refractivity contribution >= 4 is 11.0 Å². The van der Waals surface area contributed by atoms with E-state index in [2.05, 4.69) is 6.07 Å². The normalized spacial score (nSPS) is 17.3. The molecule has 2 aromatic rings. The van der Waals surface area contributed by atoms with E-state index in [0.717, 1.165) is 29.1 Å². The molecule has 1 heterocycles. The number of benzene rings is 1. The topological polar surface area (TPSA) is 48.4 Å². The van der Waals surface area contributed by atoms with E-state index in [1.165, 1.54) is 18.4 Å². The lowest BCUT2D eigenvalue weighted by Gasteiger charge is -2.13. The van der Waals surface area contributed by atoms with E-state index in [4.69, 9.17) is 14.9 Å². The summed E-state index contributed by atoms with van der Waals surface area (Å²) in [6.45, 7) is 0. The van der Waals surface area contributed by atoms with Crippen molar-refractivity contribution in [1.29, 1.82) is 0 Å². The van der Waals surface area contributed by atoms with Crippen molar-refractivity contribution in [1.82, 2.24) is 0 Å². The molecule has 1 saturated carbocycles. The Kier molecular flexibility index (Phi) is 2.56. The molecular formula is C14H17NO2. The largest absolute Gasteiger partial charge is 0.493 e. The predicted octanol–water partition coefficient (Wildman–Crippen LogP) is 3.24. The van der Waals surface area contributed by atoms with Gasteiger partial charge < -0.3 is 14.9 Å². The van der Waals surface area contributed by atoms with Gasteiger partial charge in [-0.2, -0.15) is 0 Å². The fourth-order valence-electron chi connectivity index (χ4n) is 2.38. The van der Waals surface area contributed by atoms with E-state index >= 15 is 0 Å². The van der Waals surface area contributed by atoms with Crippen LogP contribution < -0.4 is 10.5 Å². The van der Waals surface area contributed by atoms with E-state index in [9.17, 15) is 0 Å². The minimum atomic E-state index is 0.105. The molecule has 1 fully saturated rings. The van der Waals surface area contributed by atoms with Gasteiger partial charge in [-0.15, -0.1) is 0 Å². The van der Waals surface area contributed by atoms with Crippen LogP contribution in [0.1, 0.15) is 30.9 Å². The standard InChI is InChI=1S/C14H17NO2/c1-16-13-5-4-10(11-6-7-17-14(11)13)12(15)8-9-2-3-9/h4-7,9,12H,2-3,8,15H2,1H3. The van der Waals surface area contributed by atoms with Gasteiger partial charge in [-0.05, 0) is 30.0 Å². The van der Waals surface area contributed by atoms with E-state index in [0.29, 0.717) is 0 Å². The number of methoxy groups -OCH3 is 1. The first-order valence-electron chi connectivity index (χ1n) is 6.09.